The standard InChI is InChI=1S/C15H18FN5/c1-21-6-4-12(14(21)11-3-2-5-17-7-11)8-18-15-19-9-13(16)10-20-15/h2-3,5,7,9-10,12,14H,4,6,8H2,1H3,(H,18,19,20)/t12-,14-/m0/s1. The normalized spacial score (nSPS) is 22.4. The molecule has 3 heterocycles. The molecule has 1 aliphatic rings. The Morgan fingerprint density at radius 2 is 2.14 bits per heavy atom. The van der Waals surface area contributed by atoms with Gasteiger partial charge in [0.2, 0.25) is 5.95 Å². The molecule has 2 aromatic rings. The smallest absolute Gasteiger partial charge is 0.222 e. The predicted octanol–water partition coefficient (Wildman–Crippen LogP) is 2.12. The van der Waals surface area contributed by atoms with Gasteiger partial charge in [-0.25, -0.2) is 14.4 Å². The highest BCUT2D eigenvalue weighted by Crippen LogP contribution is 2.35. The molecule has 1 fully saturated rings. The lowest BCUT2D eigenvalue weighted by molar-refractivity contribution is 0.281. The Morgan fingerprint density at radius 1 is 1.33 bits per heavy atom. The number of pyridine rings is 1. The van der Waals surface area contributed by atoms with E-state index in [0.717, 1.165) is 19.5 Å². The van der Waals surface area contributed by atoms with Gasteiger partial charge in [0.25, 0.3) is 0 Å². The van der Waals surface area contributed by atoms with Gasteiger partial charge < -0.3 is 5.32 Å². The summed E-state index contributed by atoms with van der Waals surface area (Å²) in [4.78, 5) is 14.4. The number of nitrogens with one attached hydrogen (secondary N) is 1. The maximum absolute atomic E-state index is 12.8. The van der Waals surface area contributed by atoms with Crippen LogP contribution in [0, 0.1) is 11.7 Å². The lowest BCUT2D eigenvalue weighted by Crippen LogP contribution is -2.25. The third kappa shape index (κ3) is 3.16. The highest BCUT2D eigenvalue weighted by atomic mass is 19.1. The summed E-state index contributed by atoms with van der Waals surface area (Å²) in [5.74, 6) is 0.498. The van der Waals surface area contributed by atoms with Gasteiger partial charge >= 0.3 is 0 Å². The zero-order valence-electron chi connectivity index (χ0n) is 11.9. The fourth-order valence-electron chi connectivity index (χ4n) is 2.94. The molecule has 2 atom stereocenters. The second kappa shape index (κ2) is 6.13. The molecule has 6 heteroatoms. The van der Waals surface area contributed by atoms with Gasteiger partial charge in [0.1, 0.15) is 0 Å². The maximum atomic E-state index is 12.8. The van der Waals surface area contributed by atoms with Gasteiger partial charge in [-0.1, -0.05) is 6.07 Å². The summed E-state index contributed by atoms with van der Waals surface area (Å²) in [5.41, 5.74) is 1.23. The molecule has 0 aliphatic carbocycles. The van der Waals surface area contributed by atoms with E-state index in [0.29, 0.717) is 17.9 Å². The largest absolute Gasteiger partial charge is 0.354 e. The molecule has 1 aliphatic heterocycles. The summed E-state index contributed by atoms with van der Waals surface area (Å²) in [7, 11) is 2.13. The molecule has 0 saturated carbocycles. The summed E-state index contributed by atoms with van der Waals surface area (Å²) in [6.45, 7) is 1.81. The molecule has 1 saturated heterocycles. The molecule has 110 valence electrons. The van der Waals surface area contributed by atoms with Crippen molar-refractivity contribution in [3.8, 4) is 0 Å². The zero-order chi connectivity index (χ0) is 14.7. The number of nitrogens with zero attached hydrogens (tertiary/aromatic N) is 4. The number of hydrogen-bond acceptors (Lipinski definition) is 5. The van der Waals surface area contributed by atoms with Gasteiger partial charge in [0.05, 0.1) is 12.4 Å². The van der Waals surface area contributed by atoms with Gasteiger partial charge in [-0.15, -0.1) is 0 Å². The van der Waals surface area contributed by atoms with Crippen molar-refractivity contribution in [3.05, 3.63) is 48.3 Å². The number of likely N-dealkylation sites (tertiary alicyclic amines) is 1. The molecule has 0 bridgehead atoms. The minimum absolute atomic E-state index is 0.339. The summed E-state index contributed by atoms with van der Waals surface area (Å²) >= 11 is 0. The molecular formula is C15H18FN5. The molecule has 0 radical (unpaired) electrons. The summed E-state index contributed by atoms with van der Waals surface area (Å²) in [6.07, 6.45) is 7.17. The number of anilines is 1. The fraction of sp³-hybridized carbons (Fsp3) is 0.400. The third-order valence-corrected chi connectivity index (χ3v) is 3.94. The molecule has 5 nitrogen and oxygen atoms in total. The Bertz CT molecular complexity index is 574. The first kappa shape index (κ1) is 13.9. The van der Waals surface area contributed by atoms with E-state index in [2.05, 4.69) is 38.3 Å². The Balaban J connectivity index is 1.68. The molecule has 0 unspecified atom stereocenters. The number of aromatic nitrogens is 3. The minimum atomic E-state index is -0.422. The van der Waals surface area contributed by atoms with Gasteiger partial charge in [0, 0.05) is 25.0 Å². The fourth-order valence-corrected chi connectivity index (χ4v) is 2.94. The second-order valence-electron chi connectivity index (χ2n) is 5.37. The van der Waals surface area contributed by atoms with Crippen LogP contribution in [0.3, 0.4) is 0 Å². The number of rotatable bonds is 4. The van der Waals surface area contributed by atoms with Crippen LogP contribution < -0.4 is 5.32 Å². The van der Waals surface area contributed by atoms with Crippen LogP contribution in [0.1, 0.15) is 18.0 Å². The Kier molecular flexibility index (Phi) is 4.06. The number of hydrogen-bond donors (Lipinski definition) is 1. The Hall–Kier alpha value is -2.08. The van der Waals surface area contributed by atoms with Crippen LogP contribution >= 0.6 is 0 Å². The molecule has 3 rings (SSSR count). The minimum Gasteiger partial charge on any atom is -0.354 e. The van der Waals surface area contributed by atoms with Crippen LogP contribution in [0.25, 0.3) is 0 Å². The van der Waals surface area contributed by atoms with Gasteiger partial charge in [-0.05, 0) is 37.6 Å². The molecule has 0 spiro atoms. The van der Waals surface area contributed by atoms with Crippen molar-refractivity contribution in [1.29, 1.82) is 0 Å². The van der Waals surface area contributed by atoms with Crippen LogP contribution in [-0.2, 0) is 0 Å². The van der Waals surface area contributed by atoms with E-state index >= 15 is 0 Å². The van der Waals surface area contributed by atoms with Gasteiger partial charge in [-0.3, -0.25) is 9.88 Å². The molecule has 0 amide bonds. The van der Waals surface area contributed by atoms with E-state index in [1.165, 1.54) is 18.0 Å². The molecule has 0 aromatic carbocycles. The van der Waals surface area contributed by atoms with Crippen LogP contribution in [0.15, 0.2) is 36.9 Å². The van der Waals surface area contributed by atoms with Gasteiger partial charge in [0.15, 0.2) is 5.82 Å². The molecule has 21 heavy (non-hydrogen) atoms. The van der Waals surface area contributed by atoms with E-state index in [-0.39, 0.29) is 0 Å². The predicted molar refractivity (Wildman–Crippen MR) is 78.2 cm³/mol. The van der Waals surface area contributed by atoms with Crippen molar-refractivity contribution in [3.63, 3.8) is 0 Å². The van der Waals surface area contributed by atoms with Crippen LogP contribution in [0.4, 0.5) is 10.3 Å². The highest BCUT2D eigenvalue weighted by molar-refractivity contribution is 5.24. The molecular weight excluding hydrogens is 269 g/mol. The van der Waals surface area contributed by atoms with Crippen LogP contribution in [0.2, 0.25) is 0 Å². The van der Waals surface area contributed by atoms with Crippen molar-refractivity contribution < 1.29 is 4.39 Å². The summed E-state index contributed by atoms with van der Waals surface area (Å²) < 4.78 is 12.8. The maximum Gasteiger partial charge on any atom is 0.222 e. The summed E-state index contributed by atoms with van der Waals surface area (Å²) in [5, 5.41) is 3.20. The van der Waals surface area contributed by atoms with Crippen molar-refractivity contribution >= 4 is 5.95 Å². The monoisotopic (exact) mass is 287 g/mol. The van der Waals surface area contributed by atoms with E-state index < -0.39 is 5.82 Å². The topological polar surface area (TPSA) is 53.9 Å². The average Bonchev–Trinajstić information content (AvgIpc) is 2.88. The van der Waals surface area contributed by atoms with Crippen molar-refractivity contribution in [2.24, 2.45) is 5.92 Å². The summed E-state index contributed by atoms with van der Waals surface area (Å²) in [6, 6.07) is 4.42. The first-order valence-corrected chi connectivity index (χ1v) is 7.05. The van der Waals surface area contributed by atoms with Gasteiger partial charge in [-0.2, -0.15) is 0 Å². The van der Waals surface area contributed by atoms with Crippen molar-refractivity contribution in [2.45, 2.75) is 12.5 Å². The molecule has 2 aromatic heterocycles. The quantitative estimate of drug-likeness (QED) is 0.933. The Labute approximate surface area is 123 Å². The highest BCUT2D eigenvalue weighted by Gasteiger charge is 2.32. The van der Waals surface area contributed by atoms with Crippen molar-refractivity contribution in [1.82, 2.24) is 19.9 Å². The van der Waals surface area contributed by atoms with Crippen molar-refractivity contribution in [2.75, 3.05) is 25.5 Å². The second-order valence-corrected chi connectivity index (χ2v) is 5.37. The van der Waals surface area contributed by atoms with E-state index in [1.807, 2.05) is 12.3 Å². The first-order valence-electron chi connectivity index (χ1n) is 7.05. The van der Waals surface area contributed by atoms with Crippen LogP contribution in [0.5, 0.6) is 0 Å². The lowest BCUT2D eigenvalue weighted by Gasteiger charge is -2.25. The van der Waals surface area contributed by atoms with E-state index in [1.54, 1.807) is 6.20 Å². The van der Waals surface area contributed by atoms with Crippen LogP contribution in [-0.4, -0.2) is 40.0 Å². The SMILES string of the molecule is CN1CC[C@@H](CNc2ncc(F)cn2)[C@@H]1c1cccnc1. The average molecular weight is 287 g/mol. The first-order chi connectivity index (χ1) is 10.2. The molecule has 1 N–H and O–H groups in total. The zero-order valence-corrected chi connectivity index (χ0v) is 11.9. The number of halogens is 1. The lowest BCUT2D eigenvalue weighted by atomic mass is 9.95. The third-order valence-electron chi connectivity index (χ3n) is 3.94. The van der Waals surface area contributed by atoms with E-state index in [4.69, 9.17) is 0 Å². The van der Waals surface area contributed by atoms with E-state index in [9.17, 15) is 4.39 Å². The Morgan fingerprint density at radius 3 is 2.86 bits per heavy atom.